The van der Waals surface area contributed by atoms with Gasteiger partial charge in [0.2, 0.25) is 6.79 Å². The molecule has 170 valence electrons. The fourth-order valence-electron chi connectivity index (χ4n) is 5.95. The van der Waals surface area contributed by atoms with Gasteiger partial charge in [0, 0.05) is 16.7 Å². The van der Waals surface area contributed by atoms with Crippen LogP contribution in [0.15, 0.2) is 36.4 Å². The van der Waals surface area contributed by atoms with Crippen LogP contribution >= 0.6 is 0 Å². The lowest BCUT2D eigenvalue weighted by Gasteiger charge is -2.52. The van der Waals surface area contributed by atoms with Crippen molar-refractivity contribution in [1.29, 1.82) is 0 Å². The summed E-state index contributed by atoms with van der Waals surface area (Å²) < 4.78 is 11.1. The van der Waals surface area contributed by atoms with E-state index in [1.54, 1.807) is 0 Å². The lowest BCUT2D eigenvalue weighted by molar-refractivity contribution is -0.142. The molecule has 0 radical (unpaired) electrons. The Kier molecular flexibility index (Phi) is 4.50. The van der Waals surface area contributed by atoms with E-state index in [0.29, 0.717) is 0 Å². The third-order valence-corrected chi connectivity index (χ3v) is 7.92. The summed E-state index contributed by atoms with van der Waals surface area (Å²) in [6, 6.07) is 12.0. The summed E-state index contributed by atoms with van der Waals surface area (Å²) in [6.07, 6.45) is 6.01. The molecule has 0 unspecified atom stereocenters. The van der Waals surface area contributed by atoms with Crippen LogP contribution in [0.3, 0.4) is 0 Å². The van der Waals surface area contributed by atoms with Gasteiger partial charge in [-0.1, -0.05) is 6.07 Å². The molecule has 0 saturated heterocycles. The van der Waals surface area contributed by atoms with Crippen LogP contribution in [0.25, 0.3) is 22.6 Å². The molecule has 2 N–H and O–H groups in total. The topological polar surface area (TPSA) is 97.3 Å². The first-order chi connectivity index (χ1) is 16.0. The first-order valence-electron chi connectivity index (χ1n) is 11.6. The van der Waals surface area contributed by atoms with Crippen molar-refractivity contribution in [2.75, 3.05) is 6.79 Å². The van der Waals surface area contributed by atoms with Gasteiger partial charge in [-0.2, -0.15) is 0 Å². The van der Waals surface area contributed by atoms with Gasteiger partial charge in [-0.15, -0.1) is 0 Å². The average Bonchev–Trinajstić information content (AvgIpc) is 3.47. The lowest BCUT2D eigenvalue weighted by Crippen LogP contribution is -2.45. The summed E-state index contributed by atoms with van der Waals surface area (Å²) in [4.78, 5) is 25.0. The summed E-state index contributed by atoms with van der Waals surface area (Å²) in [5.74, 6) is 1.79. The number of H-pyrrole nitrogens is 1. The predicted octanol–water partition coefficient (Wildman–Crippen LogP) is 5.24. The number of imidazole rings is 1. The maximum absolute atomic E-state index is 11.4. The Balaban J connectivity index is 1.42. The molecule has 7 nitrogen and oxygen atoms in total. The first-order valence-corrected chi connectivity index (χ1v) is 11.6. The number of rotatable bonds is 5. The Morgan fingerprint density at radius 2 is 1.79 bits per heavy atom. The zero-order chi connectivity index (χ0) is 22.6. The van der Waals surface area contributed by atoms with Crippen molar-refractivity contribution in [3.63, 3.8) is 0 Å². The van der Waals surface area contributed by atoms with E-state index in [-0.39, 0.29) is 24.0 Å². The number of nitrogens with one attached hydrogen (secondary N) is 1. The van der Waals surface area contributed by atoms with Crippen LogP contribution < -0.4 is 9.47 Å². The van der Waals surface area contributed by atoms with E-state index in [0.717, 1.165) is 84.2 Å². The van der Waals surface area contributed by atoms with E-state index >= 15 is 0 Å². The number of nitrogens with zero attached hydrogens (tertiary/aromatic N) is 2. The molecule has 33 heavy (non-hydrogen) atoms. The molecular formula is C26H27N3O4. The molecule has 1 aliphatic heterocycles. The number of ether oxygens (including phenoxy) is 2. The van der Waals surface area contributed by atoms with Crippen molar-refractivity contribution >= 4 is 5.97 Å². The Hall–Kier alpha value is -3.35. The molecule has 0 amide bonds. The highest BCUT2D eigenvalue weighted by atomic mass is 16.7. The second kappa shape index (κ2) is 7.33. The number of carboxylic acid groups (broad SMARTS) is 1. The van der Waals surface area contributed by atoms with Crippen LogP contribution in [-0.2, 0) is 10.2 Å². The molecule has 0 atom stereocenters. The molecule has 3 fully saturated rings. The summed E-state index contributed by atoms with van der Waals surface area (Å²) in [7, 11) is 0. The van der Waals surface area contributed by atoms with Crippen molar-refractivity contribution in [3.8, 4) is 34.1 Å². The van der Waals surface area contributed by atoms with Gasteiger partial charge in [0.25, 0.3) is 0 Å². The second-order valence-electron chi connectivity index (χ2n) is 9.89. The maximum Gasteiger partial charge on any atom is 0.303 e. The molecule has 0 spiro atoms. The van der Waals surface area contributed by atoms with Gasteiger partial charge in [0.15, 0.2) is 11.5 Å². The first kappa shape index (κ1) is 20.3. The number of hydrogen-bond acceptors (Lipinski definition) is 5. The minimum absolute atomic E-state index is 0.0343. The molecular weight excluding hydrogens is 418 g/mol. The summed E-state index contributed by atoms with van der Waals surface area (Å²) in [5, 5.41) is 9.40. The summed E-state index contributed by atoms with van der Waals surface area (Å²) in [6.45, 7) is 2.22. The highest BCUT2D eigenvalue weighted by Crippen LogP contribution is 2.59. The van der Waals surface area contributed by atoms with Crippen molar-refractivity contribution in [1.82, 2.24) is 15.0 Å². The number of pyridine rings is 1. The van der Waals surface area contributed by atoms with Crippen LogP contribution in [0.2, 0.25) is 0 Å². The van der Waals surface area contributed by atoms with Gasteiger partial charge in [0.05, 0.1) is 23.5 Å². The fraction of sp³-hybridized carbons (Fsp3) is 0.423. The van der Waals surface area contributed by atoms with Crippen molar-refractivity contribution in [2.45, 2.75) is 57.3 Å². The largest absolute Gasteiger partial charge is 0.481 e. The van der Waals surface area contributed by atoms with Crippen LogP contribution in [0.1, 0.15) is 56.5 Å². The second-order valence-corrected chi connectivity index (χ2v) is 9.89. The molecule has 7 heteroatoms. The number of hydrogen-bond donors (Lipinski definition) is 2. The highest BCUT2D eigenvalue weighted by molar-refractivity contribution is 5.78. The Labute approximate surface area is 192 Å². The smallest absolute Gasteiger partial charge is 0.303 e. The number of aromatic nitrogens is 3. The van der Waals surface area contributed by atoms with Crippen LogP contribution in [0, 0.1) is 12.3 Å². The normalized spacial score (nSPS) is 25.4. The third-order valence-electron chi connectivity index (χ3n) is 7.92. The molecule has 1 aromatic carbocycles. The van der Waals surface area contributed by atoms with Gasteiger partial charge in [-0.25, -0.2) is 4.98 Å². The standard InChI is InChI=1S/C26H27N3O4/c1-16-3-2-4-18(27-16)23-22(17-5-6-19-20(13-17)33-15-32-19)28-24(29-23)26-10-7-25(8-11-26,9-12-26)14-21(30)31/h2-6,13H,7-12,14-15H2,1H3,(H,28,29)(H,30,31). The number of carbonyl (C=O) groups is 1. The van der Waals surface area contributed by atoms with E-state index in [1.165, 1.54) is 0 Å². The summed E-state index contributed by atoms with van der Waals surface area (Å²) in [5.41, 5.74) is 4.48. The minimum atomic E-state index is -0.680. The van der Waals surface area contributed by atoms with E-state index in [1.807, 2.05) is 43.3 Å². The molecule has 3 aromatic rings. The van der Waals surface area contributed by atoms with Crippen molar-refractivity contribution < 1.29 is 19.4 Å². The van der Waals surface area contributed by atoms with Gasteiger partial charge >= 0.3 is 5.97 Å². The van der Waals surface area contributed by atoms with E-state index in [4.69, 9.17) is 19.4 Å². The Bertz CT molecular complexity index is 1220. The number of fused-ring (bicyclic) bond motifs is 4. The van der Waals surface area contributed by atoms with Gasteiger partial charge < -0.3 is 19.6 Å². The zero-order valence-corrected chi connectivity index (χ0v) is 18.7. The van der Waals surface area contributed by atoms with Gasteiger partial charge in [-0.05, 0) is 81.2 Å². The minimum Gasteiger partial charge on any atom is -0.481 e. The van der Waals surface area contributed by atoms with E-state index < -0.39 is 5.97 Å². The molecule has 3 aliphatic carbocycles. The molecule has 2 bridgehead atoms. The SMILES string of the molecule is Cc1cccc(-c2[nH]c(C34CCC(CC(=O)O)(CC3)CC4)nc2-c2ccc3c(c2)OCO3)n1. The van der Waals surface area contributed by atoms with Crippen molar-refractivity contribution in [3.05, 3.63) is 47.9 Å². The van der Waals surface area contributed by atoms with Crippen LogP contribution in [0.4, 0.5) is 0 Å². The zero-order valence-electron chi connectivity index (χ0n) is 18.7. The van der Waals surface area contributed by atoms with Crippen LogP contribution in [0.5, 0.6) is 11.5 Å². The number of aliphatic carboxylic acids is 1. The van der Waals surface area contributed by atoms with Gasteiger partial charge in [0.1, 0.15) is 5.82 Å². The Morgan fingerprint density at radius 1 is 1.03 bits per heavy atom. The van der Waals surface area contributed by atoms with Gasteiger partial charge in [-0.3, -0.25) is 9.78 Å². The average molecular weight is 446 g/mol. The highest BCUT2D eigenvalue weighted by Gasteiger charge is 2.51. The number of benzene rings is 1. The van der Waals surface area contributed by atoms with E-state index in [9.17, 15) is 9.90 Å². The number of aromatic amines is 1. The maximum atomic E-state index is 11.4. The Morgan fingerprint density at radius 3 is 2.52 bits per heavy atom. The van der Waals surface area contributed by atoms with Crippen molar-refractivity contribution in [2.24, 2.45) is 5.41 Å². The molecule has 4 aliphatic rings. The van der Waals surface area contributed by atoms with Crippen LogP contribution in [-0.4, -0.2) is 32.8 Å². The molecule has 2 aromatic heterocycles. The quantitative estimate of drug-likeness (QED) is 0.557. The predicted molar refractivity (Wildman–Crippen MR) is 122 cm³/mol. The van der Waals surface area contributed by atoms with E-state index in [2.05, 4.69) is 4.98 Å². The third kappa shape index (κ3) is 3.37. The fourth-order valence-corrected chi connectivity index (χ4v) is 5.95. The molecule has 7 rings (SSSR count). The number of aryl methyl sites for hydroxylation is 1. The molecule has 3 heterocycles. The number of carboxylic acids is 1. The summed E-state index contributed by atoms with van der Waals surface area (Å²) >= 11 is 0. The monoisotopic (exact) mass is 445 g/mol. The molecule has 3 saturated carbocycles. The lowest BCUT2D eigenvalue weighted by atomic mass is 9.52.